The minimum Gasteiger partial charge on any atom is -0.378 e. The summed E-state index contributed by atoms with van der Waals surface area (Å²) >= 11 is 0. The first-order valence-corrected chi connectivity index (χ1v) is 6.79. The van der Waals surface area contributed by atoms with Crippen LogP contribution >= 0.6 is 0 Å². The summed E-state index contributed by atoms with van der Waals surface area (Å²) in [7, 11) is 1.11. The Hall–Kier alpha value is -0.313. The van der Waals surface area contributed by atoms with E-state index in [1.54, 1.807) is 0 Å². The Morgan fingerprint density at radius 1 is 1.31 bits per heavy atom. The molecule has 1 heterocycles. The highest BCUT2D eigenvalue weighted by Gasteiger charge is 2.46. The Bertz CT molecular complexity index is 218. The van der Waals surface area contributed by atoms with Crippen molar-refractivity contribution < 1.29 is 27.5 Å². The van der Waals surface area contributed by atoms with E-state index in [0.717, 1.165) is 6.61 Å². The van der Waals surface area contributed by atoms with Gasteiger partial charge in [-0.05, 0) is 0 Å². The smallest absolute Gasteiger partial charge is 0.378 e. The fourth-order valence-electron chi connectivity index (χ4n) is 1.29. The number of epoxide rings is 1. The van der Waals surface area contributed by atoms with Crippen LogP contribution in [-0.4, -0.2) is 61.5 Å². The zero-order valence-electron chi connectivity index (χ0n) is 9.86. The van der Waals surface area contributed by atoms with Crippen molar-refractivity contribution in [2.75, 3.05) is 41.2 Å². The highest BCUT2D eigenvalue weighted by molar-refractivity contribution is 6.92. The molecule has 0 aromatic rings. The second kappa shape index (κ2) is 6.43. The van der Waals surface area contributed by atoms with Gasteiger partial charge in [-0.3, -0.25) is 4.79 Å². The zero-order valence-corrected chi connectivity index (χ0v) is 10.9. The van der Waals surface area contributed by atoms with E-state index in [-0.39, 0.29) is 17.9 Å². The first kappa shape index (κ1) is 13.8. The summed E-state index contributed by atoms with van der Waals surface area (Å²) in [6.07, 6.45) is 0.443. The van der Waals surface area contributed by atoms with Gasteiger partial charge < -0.3 is 22.8 Å². The fourth-order valence-corrected chi connectivity index (χ4v) is 2.88. The highest BCUT2D eigenvalue weighted by atomic mass is 28.4. The predicted octanol–water partition coefficient (Wildman–Crippen LogP) is -0.222. The summed E-state index contributed by atoms with van der Waals surface area (Å²) in [6, 6.07) is 0. The van der Waals surface area contributed by atoms with Gasteiger partial charge in [0, 0.05) is 27.8 Å². The zero-order chi connectivity index (χ0) is 12.0. The molecule has 1 aliphatic heterocycles. The summed E-state index contributed by atoms with van der Waals surface area (Å²) in [4.78, 5) is 11.8. The van der Waals surface area contributed by atoms with Crippen LogP contribution in [-0.2, 0) is 27.5 Å². The van der Waals surface area contributed by atoms with Gasteiger partial charge in [0.1, 0.15) is 6.10 Å². The molecule has 1 aliphatic rings. The van der Waals surface area contributed by atoms with Gasteiger partial charge >= 0.3 is 8.80 Å². The molecule has 0 aromatic heterocycles. The molecule has 1 saturated heterocycles. The van der Waals surface area contributed by atoms with E-state index < -0.39 is 8.80 Å². The summed E-state index contributed by atoms with van der Waals surface area (Å²) in [5.74, 6) is 0. The number of hydrogen-bond acceptors (Lipinski definition) is 6. The van der Waals surface area contributed by atoms with Crippen molar-refractivity contribution in [2.24, 2.45) is 0 Å². The Morgan fingerprint density at radius 3 is 2.31 bits per heavy atom. The average molecular weight is 250 g/mol. The molecule has 0 N–H and O–H groups in total. The highest BCUT2D eigenvalue weighted by Crippen LogP contribution is 2.11. The first-order chi connectivity index (χ1) is 7.68. The normalized spacial score (nSPS) is 19.8. The lowest BCUT2D eigenvalue weighted by molar-refractivity contribution is -0.119. The standard InChI is InChI=1S/C9H18O6Si/c1-11-16(12-2,13-3)9(10)4-5-14-6-8-7-15-8/h8H,4-7H2,1-3H3. The number of ether oxygens (including phenoxy) is 2. The van der Waals surface area contributed by atoms with Crippen LogP contribution in [0.4, 0.5) is 0 Å². The molecular formula is C9H18O6Si. The molecule has 0 amide bonds. The van der Waals surface area contributed by atoms with Gasteiger partial charge in [0.05, 0.1) is 19.8 Å². The average Bonchev–Trinajstić information content (AvgIpc) is 3.11. The summed E-state index contributed by atoms with van der Waals surface area (Å²) in [5, 5.41) is -0.170. The van der Waals surface area contributed by atoms with Crippen molar-refractivity contribution in [3.8, 4) is 0 Å². The third-order valence-corrected chi connectivity index (χ3v) is 4.87. The van der Waals surface area contributed by atoms with Crippen molar-refractivity contribution >= 4 is 14.2 Å². The van der Waals surface area contributed by atoms with Crippen molar-refractivity contribution in [3.63, 3.8) is 0 Å². The van der Waals surface area contributed by atoms with Crippen LogP contribution in [0.5, 0.6) is 0 Å². The molecule has 94 valence electrons. The van der Waals surface area contributed by atoms with Crippen LogP contribution in [0.15, 0.2) is 0 Å². The largest absolute Gasteiger partial charge is 0.574 e. The molecule has 0 aromatic carbocycles. The minimum atomic E-state index is -3.13. The Labute approximate surface area is 96.1 Å². The number of carbonyl (C=O) groups is 1. The van der Waals surface area contributed by atoms with E-state index in [1.165, 1.54) is 21.3 Å². The van der Waals surface area contributed by atoms with Crippen LogP contribution in [0.2, 0.25) is 0 Å². The third-order valence-electron chi connectivity index (χ3n) is 2.33. The molecule has 0 radical (unpaired) electrons. The van der Waals surface area contributed by atoms with E-state index in [1.807, 2.05) is 0 Å². The fraction of sp³-hybridized carbons (Fsp3) is 0.889. The molecule has 1 unspecified atom stereocenters. The van der Waals surface area contributed by atoms with E-state index in [9.17, 15) is 4.79 Å². The van der Waals surface area contributed by atoms with Crippen LogP contribution in [0.3, 0.4) is 0 Å². The second-order valence-corrected chi connectivity index (χ2v) is 6.27. The Morgan fingerprint density at radius 2 is 1.88 bits per heavy atom. The monoisotopic (exact) mass is 250 g/mol. The molecule has 0 saturated carbocycles. The molecular weight excluding hydrogens is 232 g/mol. The summed E-state index contributed by atoms with van der Waals surface area (Å²) < 4.78 is 25.4. The van der Waals surface area contributed by atoms with Crippen LogP contribution < -0.4 is 0 Å². The Balaban J connectivity index is 2.24. The predicted molar refractivity (Wildman–Crippen MR) is 57.0 cm³/mol. The SMILES string of the molecule is CO[Si](OC)(OC)C(=O)CCOCC1CO1. The lowest BCUT2D eigenvalue weighted by Crippen LogP contribution is -2.51. The molecule has 1 atom stereocenters. The quantitative estimate of drug-likeness (QED) is 0.320. The van der Waals surface area contributed by atoms with Gasteiger partial charge in [-0.2, -0.15) is 0 Å². The summed E-state index contributed by atoms with van der Waals surface area (Å²) in [5.41, 5.74) is 0. The van der Waals surface area contributed by atoms with Gasteiger partial charge in [0.15, 0.2) is 0 Å². The van der Waals surface area contributed by atoms with Crippen LogP contribution in [0.1, 0.15) is 6.42 Å². The van der Waals surface area contributed by atoms with E-state index in [2.05, 4.69) is 0 Å². The molecule has 1 fully saturated rings. The van der Waals surface area contributed by atoms with Crippen LogP contribution in [0, 0.1) is 0 Å². The molecule has 6 nitrogen and oxygen atoms in total. The molecule has 1 rings (SSSR count). The van der Waals surface area contributed by atoms with Gasteiger partial charge in [-0.25, -0.2) is 0 Å². The maximum absolute atomic E-state index is 11.8. The molecule has 0 spiro atoms. The number of hydrogen-bond donors (Lipinski definition) is 0. The van der Waals surface area contributed by atoms with E-state index >= 15 is 0 Å². The third kappa shape index (κ3) is 3.61. The lowest BCUT2D eigenvalue weighted by Gasteiger charge is -2.22. The molecule has 16 heavy (non-hydrogen) atoms. The van der Waals surface area contributed by atoms with Crippen molar-refractivity contribution in [2.45, 2.75) is 12.5 Å². The number of rotatable bonds is 9. The first-order valence-electron chi connectivity index (χ1n) is 5.06. The number of carbonyl (C=O) groups excluding carboxylic acids is 1. The molecule has 7 heteroatoms. The van der Waals surface area contributed by atoms with Gasteiger partial charge in [0.2, 0.25) is 5.41 Å². The summed E-state index contributed by atoms with van der Waals surface area (Å²) in [6.45, 7) is 1.62. The Kier molecular flexibility index (Phi) is 5.53. The van der Waals surface area contributed by atoms with Crippen LogP contribution in [0.25, 0.3) is 0 Å². The van der Waals surface area contributed by atoms with Crippen molar-refractivity contribution in [1.29, 1.82) is 0 Å². The van der Waals surface area contributed by atoms with E-state index in [0.29, 0.717) is 13.2 Å². The minimum absolute atomic E-state index is 0.170. The lowest BCUT2D eigenvalue weighted by atomic mass is 10.5. The van der Waals surface area contributed by atoms with E-state index in [4.69, 9.17) is 22.8 Å². The van der Waals surface area contributed by atoms with Gasteiger partial charge in [-0.15, -0.1) is 0 Å². The van der Waals surface area contributed by atoms with Crippen molar-refractivity contribution in [1.82, 2.24) is 0 Å². The van der Waals surface area contributed by atoms with Gasteiger partial charge in [0.25, 0.3) is 0 Å². The molecule has 0 aliphatic carbocycles. The topological polar surface area (TPSA) is 66.5 Å². The maximum atomic E-state index is 11.8. The maximum Gasteiger partial charge on any atom is 0.574 e. The second-order valence-electron chi connectivity index (χ2n) is 3.37. The van der Waals surface area contributed by atoms with Crippen molar-refractivity contribution in [3.05, 3.63) is 0 Å². The molecule has 0 bridgehead atoms. The van der Waals surface area contributed by atoms with Gasteiger partial charge in [-0.1, -0.05) is 0 Å².